The van der Waals surface area contributed by atoms with Crippen LogP contribution in [0.15, 0.2) is 24.3 Å². The van der Waals surface area contributed by atoms with Gasteiger partial charge in [0.2, 0.25) is 0 Å². The number of likely N-dealkylation sites (N-methyl/N-ethyl adjacent to an activating group) is 1. The molecule has 2 heteroatoms. The number of aryl methyl sites for hydroxylation is 1. The van der Waals surface area contributed by atoms with Gasteiger partial charge in [0, 0.05) is 11.6 Å². The molecule has 0 fully saturated rings. The highest BCUT2D eigenvalue weighted by atomic mass is 16.1. The molecule has 0 heterocycles. The molecule has 0 aliphatic heterocycles. The Morgan fingerprint density at radius 3 is 2.10 bits per heavy atom. The zero-order valence-electron chi connectivity index (χ0n) is 13.8. The van der Waals surface area contributed by atoms with E-state index >= 15 is 0 Å². The minimum absolute atomic E-state index is 0.0729. The van der Waals surface area contributed by atoms with E-state index in [1.165, 1.54) is 5.56 Å². The van der Waals surface area contributed by atoms with Gasteiger partial charge in [-0.05, 0) is 45.2 Å². The smallest absolute Gasteiger partial charge is 0.179 e. The standard InChI is InChI=1S/C18H29NO/c1-7-16-8-10-17(11-9-16)18(20)15(5)19(6)14(4)12-13(2)3/h8-11,13-15H,7,12H2,1-6H3. The number of nitrogens with zero attached hydrogens (tertiary/aromatic N) is 1. The van der Waals surface area contributed by atoms with Gasteiger partial charge >= 0.3 is 0 Å². The van der Waals surface area contributed by atoms with E-state index in [0.29, 0.717) is 12.0 Å². The van der Waals surface area contributed by atoms with Crippen molar-refractivity contribution in [3.05, 3.63) is 35.4 Å². The fourth-order valence-corrected chi connectivity index (χ4v) is 2.56. The van der Waals surface area contributed by atoms with Crippen molar-refractivity contribution in [2.75, 3.05) is 7.05 Å². The van der Waals surface area contributed by atoms with Crippen LogP contribution in [0.3, 0.4) is 0 Å². The van der Waals surface area contributed by atoms with E-state index in [-0.39, 0.29) is 11.8 Å². The molecular weight excluding hydrogens is 246 g/mol. The predicted molar refractivity (Wildman–Crippen MR) is 86.3 cm³/mol. The van der Waals surface area contributed by atoms with E-state index in [1.54, 1.807) is 0 Å². The molecule has 0 amide bonds. The molecular formula is C18H29NO. The number of rotatable bonds is 7. The van der Waals surface area contributed by atoms with Gasteiger partial charge in [0.1, 0.15) is 0 Å². The molecule has 1 aromatic rings. The van der Waals surface area contributed by atoms with Crippen molar-refractivity contribution in [2.45, 2.75) is 59.5 Å². The number of carbonyl (C=O) groups is 1. The zero-order chi connectivity index (χ0) is 15.3. The maximum atomic E-state index is 12.5. The van der Waals surface area contributed by atoms with Gasteiger partial charge < -0.3 is 0 Å². The third-order valence-electron chi connectivity index (χ3n) is 4.14. The number of ketones is 1. The van der Waals surface area contributed by atoms with Crippen LogP contribution in [0.2, 0.25) is 0 Å². The molecule has 2 atom stereocenters. The summed E-state index contributed by atoms with van der Waals surface area (Å²) >= 11 is 0. The monoisotopic (exact) mass is 275 g/mol. The van der Waals surface area contributed by atoms with Gasteiger partial charge in [-0.3, -0.25) is 9.69 Å². The molecule has 0 aliphatic carbocycles. The van der Waals surface area contributed by atoms with E-state index in [9.17, 15) is 4.79 Å². The number of carbonyl (C=O) groups excluding carboxylic acids is 1. The molecule has 0 saturated heterocycles. The van der Waals surface area contributed by atoms with Crippen LogP contribution in [-0.2, 0) is 6.42 Å². The first-order valence-electron chi connectivity index (χ1n) is 7.71. The van der Waals surface area contributed by atoms with E-state index in [2.05, 4.69) is 51.8 Å². The minimum Gasteiger partial charge on any atom is -0.294 e. The lowest BCUT2D eigenvalue weighted by atomic mass is 9.99. The van der Waals surface area contributed by atoms with Crippen LogP contribution in [0.4, 0.5) is 0 Å². The van der Waals surface area contributed by atoms with Crippen molar-refractivity contribution in [3.63, 3.8) is 0 Å². The summed E-state index contributed by atoms with van der Waals surface area (Å²) in [5, 5.41) is 0. The van der Waals surface area contributed by atoms with E-state index < -0.39 is 0 Å². The van der Waals surface area contributed by atoms with Crippen LogP contribution >= 0.6 is 0 Å². The summed E-state index contributed by atoms with van der Waals surface area (Å²) in [5.74, 6) is 0.865. The summed E-state index contributed by atoms with van der Waals surface area (Å²) in [5.41, 5.74) is 2.09. The SMILES string of the molecule is CCc1ccc(C(=O)C(C)N(C)C(C)CC(C)C)cc1. The van der Waals surface area contributed by atoms with Gasteiger partial charge in [0.25, 0.3) is 0 Å². The summed E-state index contributed by atoms with van der Waals surface area (Å²) < 4.78 is 0. The van der Waals surface area contributed by atoms with Crippen LogP contribution in [0.1, 0.15) is 57.0 Å². The minimum atomic E-state index is -0.0729. The van der Waals surface area contributed by atoms with E-state index in [4.69, 9.17) is 0 Å². The summed E-state index contributed by atoms with van der Waals surface area (Å²) in [4.78, 5) is 14.7. The number of hydrogen-bond donors (Lipinski definition) is 0. The average Bonchev–Trinajstić information content (AvgIpc) is 2.44. The van der Waals surface area contributed by atoms with Crippen LogP contribution in [0, 0.1) is 5.92 Å². The van der Waals surface area contributed by atoms with Crippen molar-refractivity contribution in [2.24, 2.45) is 5.92 Å². The second-order valence-corrected chi connectivity index (χ2v) is 6.23. The van der Waals surface area contributed by atoms with Crippen LogP contribution in [0.25, 0.3) is 0 Å². The normalized spacial score (nSPS) is 14.6. The molecule has 2 nitrogen and oxygen atoms in total. The Hall–Kier alpha value is -1.15. The Morgan fingerprint density at radius 2 is 1.65 bits per heavy atom. The molecule has 0 saturated carbocycles. The molecule has 0 aromatic heterocycles. The summed E-state index contributed by atoms with van der Waals surface area (Å²) in [6, 6.07) is 8.37. The zero-order valence-corrected chi connectivity index (χ0v) is 13.8. The fraction of sp³-hybridized carbons (Fsp3) is 0.611. The molecule has 0 spiro atoms. The Morgan fingerprint density at radius 1 is 1.10 bits per heavy atom. The van der Waals surface area contributed by atoms with Gasteiger partial charge in [0.15, 0.2) is 5.78 Å². The predicted octanol–water partition coefficient (Wildman–Crippen LogP) is 4.19. The highest BCUT2D eigenvalue weighted by molar-refractivity contribution is 5.99. The van der Waals surface area contributed by atoms with Crippen LogP contribution in [0.5, 0.6) is 0 Å². The summed E-state index contributed by atoms with van der Waals surface area (Å²) in [6.45, 7) is 10.8. The van der Waals surface area contributed by atoms with E-state index in [0.717, 1.165) is 18.4 Å². The summed E-state index contributed by atoms with van der Waals surface area (Å²) in [7, 11) is 2.05. The van der Waals surface area contributed by atoms with E-state index in [1.807, 2.05) is 19.1 Å². The van der Waals surface area contributed by atoms with Crippen LogP contribution in [-0.4, -0.2) is 29.8 Å². The third-order valence-corrected chi connectivity index (χ3v) is 4.14. The van der Waals surface area contributed by atoms with Crippen molar-refractivity contribution in [1.82, 2.24) is 4.90 Å². The molecule has 0 N–H and O–H groups in total. The molecule has 0 aliphatic rings. The number of Topliss-reactive ketones (excluding diaryl/α,β-unsaturated/α-hetero) is 1. The fourth-order valence-electron chi connectivity index (χ4n) is 2.56. The van der Waals surface area contributed by atoms with Gasteiger partial charge in [-0.2, -0.15) is 0 Å². The maximum Gasteiger partial charge on any atom is 0.179 e. The molecule has 0 bridgehead atoms. The quantitative estimate of drug-likeness (QED) is 0.696. The molecule has 0 radical (unpaired) electrons. The second-order valence-electron chi connectivity index (χ2n) is 6.23. The maximum absolute atomic E-state index is 12.5. The average molecular weight is 275 g/mol. The lowest BCUT2D eigenvalue weighted by molar-refractivity contribution is 0.0811. The van der Waals surface area contributed by atoms with Gasteiger partial charge in [-0.15, -0.1) is 0 Å². The highest BCUT2D eigenvalue weighted by Gasteiger charge is 2.23. The van der Waals surface area contributed by atoms with Gasteiger partial charge in [0.05, 0.1) is 6.04 Å². The number of hydrogen-bond acceptors (Lipinski definition) is 2. The first-order valence-corrected chi connectivity index (χ1v) is 7.71. The molecule has 1 aromatic carbocycles. The molecule has 20 heavy (non-hydrogen) atoms. The van der Waals surface area contributed by atoms with Gasteiger partial charge in [-0.1, -0.05) is 45.0 Å². The Labute approximate surface area is 124 Å². The van der Waals surface area contributed by atoms with Crippen molar-refractivity contribution in [1.29, 1.82) is 0 Å². The first kappa shape index (κ1) is 16.9. The summed E-state index contributed by atoms with van der Waals surface area (Å²) in [6.07, 6.45) is 2.12. The topological polar surface area (TPSA) is 20.3 Å². The molecule has 1 rings (SSSR count). The number of benzene rings is 1. The lowest BCUT2D eigenvalue weighted by Gasteiger charge is -2.31. The Bertz CT molecular complexity index is 422. The highest BCUT2D eigenvalue weighted by Crippen LogP contribution is 2.16. The lowest BCUT2D eigenvalue weighted by Crippen LogP contribution is -2.42. The Balaban J connectivity index is 2.74. The largest absolute Gasteiger partial charge is 0.294 e. The van der Waals surface area contributed by atoms with Crippen LogP contribution < -0.4 is 0 Å². The van der Waals surface area contributed by atoms with Gasteiger partial charge in [-0.25, -0.2) is 0 Å². The second kappa shape index (κ2) is 7.58. The first-order chi connectivity index (χ1) is 9.36. The van der Waals surface area contributed by atoms with Crippen molar-refractivity contribution < 1.29 is 4.79 Å². The van der Waals surface area contributed by atoms with Crippen molar-refractivity contribution in [3.8, 4) is 0 Å². The molecule has 112 valence electrons. The van der Waals surface area contributed by atoms with Crippen molar-refractivity contribution >= 4 is 5.78 Å². The third kappa shape index (κ3) is 4.45. The molecule has 2 unspecified atom stereocenters. The Kier molecular flexibility index (Phi) is 6.41.